The maximum atomic E-state index is 2.33. The molecule has 0 aliphatic rings. The third-order valence-corrected chi connectivity index (χ3v) is 3.47. The summed E-state index contributed by atoms with van der Waals surface area (Å²) in [7, 11) is 0.636. The van der Waals surface area contributed by atoms with Gasteiger partial charge in [0.2, 0.25) is 0 Å². The summed E-state index contributed by atoms with van der Waals surface area (Å²) < 4.78 is 0. The Kier molecular flexibility index (Phi) is 9.03. The third-order valence-electron chi connectivity index (χ3n) is 2.36. The first kappa shape index (κ1) is 14.9. The molecule has 0 radical (unpaired) electrons. The summed E-state index contributed by atoms with van der Waals surface area (Å²) in [5, 5.41) is 0. The summed E-state index contributed by atoms with van der Waals surface area (Å²) in [5.41, 5.74) is 1.49. The standard InChI is InChI=1S/C13H21S.ClH/c1-14(2)12-8-4-7-11-13-9-5-3-6-10-13;/h3,5-6,9-10H,4,7-8,11-12H2,1-2H3;1H/q+1;/p-1. The zero-order valence-corrected chi connectivity index (χ0v) is 11.3. The van der Waals surface area contributed by atoms with E-state index in [2.05, 4.69) is 42.8 Å². The number of aryl methyl sites for hydroxylation is 1. The van der Waals surface area contributed by atoms with E-state index in [1.54, 1.807) is 0 Å². The van der Waals surface area contributed by atoms with Gasteiger partial charge in [-0.1, -0.05) is 30.3 Å². The van der Waals surface area contributed by atoms with Gasteiger partial charge in [0.25, 0.3) is 0 Å². The van der Waals surface area contributed by atoms with Crippen LogP contribution in [0, 0.1) is 0 Å². The van der Waals surface area contributed by atoms with E-state index in [9.17, 15) is 0 Å². The van der Waals surface area contributed by atoms with Crippen LogP contribution < -0.4 is 12.4 Å². The highest BCUT2D eigenvalue weighted by Crippen LogP contribution is 2.06. The molecule has 15 heavy (non-hydrogen) atoms. The van der Waals surface area contributed by atoms with Gasteiger partial charge in [-0.2, -0.15) is 0 Å². The normalized spacial score (nSPS) is 10.1. The molecule has 0 aliphatic carbocycles. The number of halogens is 1. The van der Waals surface area contributed by atoms with Gasteiger partial charge < -0.3 is 12.4 Å². The number of unbranched alkanes of at least 4 members (excludes halogenated alkanes) is 2. The minimum absolute atomic E-state index is 0. The lowest BCUT2D eigenvalue weighted by molar-refractivity contribution is -0.00000307. The Hall–Kier alpha value is -0.140. The van der Waals surface area contributed by atoms with Crippen molar-refractivity contribution in [3.8, 4) is 0 Å². The minimum Gasteiger partial charge on any atom is -1.00 e. The molecule has 0 nitrogen and oxygen atoms in total. The molecule has 2 heteroatoms. The van der Waals surface area contributed by atoms with Crippen LogP contribution in [0.15, 0.2) is 30.3 Å². The van der Waals surface area contributed by atoms with Gasteiger partial charge in [0.15, 0.2) is 0 Å². The van der Waals surface area contributed by atoms with E-state index in [1.807, 2.05) is 0 Å². The molecule has 1 aromatic carbocycles. The second-order valence-electron chi connectivity index (χ2n) is 3.99. The summed E-state index contributed by atoms with van der Waals surface area (Å²) in [6.45, 7) is 0. The van der Waals surface area contributed by atoms with E-state index in [4.69, 9.17) is 0 Å². The third kappa shape index (κ3) is 7.75. The molecule has 0 fully saturated rings. The predicted molar refractivity (Wildman–Crippen MR) is 68.1 cm³/mol. The van der Waals surface area contributed by atoms with E-state index in [-0.39, 0.29) is 12.4 Å². The van der Waals surface area contributed by atoms with Crippen molar-refractivity contribution >= 4 is 10.9 Å². The maximum absolute atomic E-state index is 2.33. The van der Waals surface area contributed by atoms with Gasteiger partial charge in [0.1, 0.15) is 5.75 Å². The van der Waals surface area contributed by atoms with Crippen molar-refractivity contribution in [2.24, 2.45) is 0 Å². The highest BCUT2D eigenvalue weighted by atomic mass is 35.5. The fourth-order valence-corrected chi connectivity index (χ4v) is 2.32. The first-order valence-corrected chi connectivity index (χ1v) is 7.58. The molecule has 0 bridgehead atoms. The van der Waals surface area contributed by atoms with Gasteiger partial charge in [-0.15, -0.1) is 0 Å². The minimum atomic E-state index is 0. The van der Waals surface area contributed by atoms with Crippen molar-refractivity contribution in [1.29, 1.82) is 0 Å². The van der Waals surface area contributed by atoms with Crippen LogP contribution >= 0.6 is 0 Å². The Morgan fingerprint density at radius 3 is 2.20 bits per heavy atom. The predicted octanol–water partition coefficient (Wildman–Crippen LogP) is 0.281. The molecule has 0 saturated heterocycles. The fraction of sp³-hybridized carbons (Fsp3) is 0.538. The SMILES string of the molecule is C[S+](C)CCCCCc1ccccc1.[Cl-]. The van der Waals surface area contributed by atoms with Gasteiger partial charge in [-0.25, -0.2) is 0 Å². The van der Waals surface area contributed by atoms with Gasteiger partial charge in [-0.05, 0) is 42.1 Å². The van der Waals surface area contributed by atoms with E-state index in [0.29, 0.717) is 10.9 Å². The molecule has 1 aromatic rings. The fourth-order valence-electron chi connectivity index (χ4n) is 1.54. The lowest BCUT2D eigenvalue weighted by Crippen LogP contribution is -3.00. The van der Waals surface area contributed by atoms with Gasteiger partial charge in [0.05, 0.1) is 12.5 Å². The van der Waals surface area contributed by atoms with Crippen molar-refractivity contribution in [1.82, 2.24) is 0 Å². The van der Waals surface area contributed by atoms with Gasteiger partial charge in [-0.3, -0.25) is 0 Å². The molecule has 0 aliphatic heterocycles. The summed E-state index contributed by atoms with van der Waals surface area (Å²) in [6.07, 6.45) is 10.1. The lowest BCUT2D eigenvalue weighted by atomic mass is 10.1. The summed E-state index contributed by atoms with van der Waals surface area (Å²) in [5.74, 6) is 1.41. The zero-order valence-electron chi connectivity index (χ0n) is 9.71. The van der Waals surface area contributed by atoms with Crippen molar-refractivity contribution < 1.29 is 12.4 Å². The number of rotatable bonds is 6. The highest BCUT2D eigenvalue weighted by molar-refractivity contribution is 7.95. The average molecular weight is 245 g/mol. The molecule has 0 N–H and O–H groups in total. The molecule has 0 aromatic heterocycles. The molecular weight excluding hydrogens is 224 g/mol. The highest BCUT2D eigenvalue weighted by Gasteiger charge is 2.00. The first-order chi connectivity index (χ1) is 6.79. The average Bonchev–Trinajstić information content (AvgIpc) is 2.18. The molecule has 0 saturated carbocycles. The van der Waals surface area contributed by atoms with Crippen molar-refractivity contribution in [3.05, 3.63) is 35.9 Å². The molecular formula is C13H21ClS. The van der Waals surface area contributed by atoms with Gasteiger partial charge in [0, 0.05) is 0 Å². The largest absolute Gasteiger partial charge is 1.00 e. The van der Waals surface area contributed by atoms with Crippen LogP contribution in [0.2, 0.25) is 0 Å². The van der Waals surface area contributed by atoms with E-state index >= 15 is 0 Å². The molecule has 0 heterocycles. The second-order valence-corrected chi connectivity index (χ2v) is 6.37. The number of hydrogen-bond acceptors (Lipinski definition) is 0. The molecule has 86 valence electrons. The molecule has 0 amide bonds. The van der Waals surface area contributed by atoms with Crippen molar-refractivity contribution in [3.63, 3.8) is 0 Å². The monoisotopic (exact) mass is 244 g/mol. The lowest BCUT2D eigenvalue weighted by Gasteiger charge is -2.00. The molecule has 0 unspecified atom stereocenters. The zero-order chi connectivity index (χ0) is 10.2. The summed E-state index contributed by atoms with van der Waals surface area (Å²) in [6, 6.07) is 10.8. The Morgan fingerprint density at radius 1 is 0.933 bits per heavy atom. The Balaban J connectivity index is 0.00000196. The van der Waals surface area contributed by atoms with Crippen LogP contribution in [0.25, 0.3) is 0 Å². The molecule has 0 spiro atoms. The van der Waals surface area contributed by atoms with Crippen LogP contribution in [0.3, 0.4) is 0 Å². The van der Waals surface area contributed by atoms with Crippen LogP contribution in [0.4, 0.5) is 0 Å². The van der Waals surface area contributed by atoms with E-state index in [0.717, 1.165) is 0 Å². The second kappa shape index (κ2) is 9.11. The van der Waals surface area contributed by atoms with Crippen molar-refractivity contribution in [2.75, 3.05) is 18.3 Å². The van der Waals surface area contributed by atoms with Crippen molar-refractivity contribution in [2.45, 2.75) is 25.7 Å². The Morgan fingerprint density at radius 2 is 1.60 bits per heavy atom. The summed E-state index contributed by atoms with van der Waals surface area (Å²) in [4.78, 5) is 0. The topological polar surface area (TPSA) is 0 Å². The first-order valence-electron chi connectivity index (χ1n) is 5.37. The van der Waals surface area contributed by atoms with Crippen LogP contribution in [0.5, 0.6) is 0 Å². The molecule has 1 rings (SSSR count). The van der Waals surface area contributed by atoms with Crippen LogP contribution in [0.1, 0.15) is 24.8 Å². The summed E-state index contributed by atoms with van der Waals surface area (Å²) >= 11 is 0. The number of hydrogen-bond donors (Lipinski definition) is 0. The van der Waals surface area contributed by atoms with Gasteiger partial charge >= 0.3 is 0 Å². The van der Waals surface area contributed by atoms with E-state index in [1.165, 1.54) is 37.0 Å². The Labute approximate surface area is 103 Å². The van der Waals surface area contributed by atoms with Crippen LogP contribution in [-0.4, -0.2) is 18.3 Å². The Bertz CT molecular complexity index is 234. The molecule has 0 atom stereocenters. The van der Waals surface area contributed by atoms with Crippen LogP contribution in [-0.2, 0) is 17.3 Å². The number of benzene rings is 1. The smallest absolute Gasteiger partial charge is 0.107 e. The van der Waals surface area contributed by atoms with E-state index < -0.39 is 0 Å². The quantitative estimate of drug-likeness (QED) is 0.498. The maximum Gasteiger partial charge on any atom is 0.107 e.